The molecular weight excluding hydrogens is 765 g/mol. The predicted octanol–water partition coefficient (Wildman–Crippen LogP) is 14.2. The van der Waals surface area contributed by atoms with E-state index in [9.17, 15) is 0 Å². The molecule has 0 fully saturated rings. The molecule has 296 valence electrons. The molecule has 0 N–H and O–H groups in total. The van der Waals surface area contributed by atoms with Gasteiger partial charge in [0, 0.05) is 21.9 Å². The van der Waals surface area contributed by atoms with E-state index in [0.29, 0.717) is 24.0 Å². The number of hydrogen-bond acceptors (Lipinski definition) is 3. The van der Waals surface area contributed by atoms with Crippen LogP contribution in [-0.2, 0) is 11.8 Å². The largest absolute Gasteiger partial charge is 0.277 e. The van der Waals surface area contributed by atoms with Crippen molar-refractivity contribution in [3.05, 3.63) is 253 Å². The predicted molar refractivity (Wildman–Crippen MR) is 259 cm³/mol. The van der Waals surface area contributed by atoms with Crippen molar-refractivity contribution in [2.24, 2.45) is 0 Å². The van der Waals surface area contributed by atoms with Crippen LogP contribution in [0.3, 0.4) is 0 Å². The van der Waals surface area contributed by atoms with E-state index in [1.54, 1.807) is 0 Å². The molecule has 0 amide bonds. The lowest BCUT2D eigenvalue weighted by Gasteiger charge is -2.36. The Morgan fingerprint density at radius 3 is 1.65 bits per heavy atom. The van der Waals surface area contributed by atoms with Crippen molar-refractivity contribution >= 4 is 21.8 Å². The summed E-state index contributed by atoms with van der Waals surface area (Å²) in [5.41, 5.74) is 16.4. The summed E-state index contributed by atoms with van der Waals surface area (Å²) in [6.07, 6.45) is 9.46. The Balaban J connectivity index is 1.20. The lowest BCUT2D eigenvalue weighted by atomic mass is 9.66. The molecule has 0 radical (unpaired) electrons. The zero-order chi connectivity index (χ0) is 41.9. The third kappa shape index (κ3) is 5.79. The van der Waals surface area contributed by atoms with Gasteiger partial charge in [0.1, 0.15) is 0 Å². The number of fused-ring (bicyclic) bond motifs is 11. The van der Waals surface area contributed by atoms with Gasteiger partial charge < -0.3 is 0 Å². The first-order chi connectivity index (χ1) is 31.2. The zero-order valence-corrected chi connectivity index (χ0v) is 34.5. The third-order valence-electron chi connectivity index (χ3n) is 12.9. The summed E-state index contributed by atoms with van der Waals surface area (Å²) >= 11 is 0. The van der Waals surface area contributed by atoms with Gasteiger partial charge >= 0.3 is 0 Å². The van der Waals surface area contributed by atoms with Gasteiger partial charge in [-0.15, -0.1) is 0 Å². The van der Waals surface area contributed by atoms with E-state index in [1.807, 2.05) is 36.4 Å². The van der Waals surface area contributed by atoms with Gasteiger partial charge in [0.25, 0.3) is 0 Å². The smallest absolute Gasteiger partial charge is 0.238 e. The first-order valence-electron chi connectivity index (χ1n) is 21.5. The minimum Gasteiger partial charge on any atom is -0.277 e. The number of benzene rings is 8. The van der Waals surface area contributed by atoms with E-state index in [2.05, 4.69) is 187 Å². The molecule has 0 atom stereocenters. The fourth-order valence-electron chi connectivity index (χ4n) is 10.1. The highest BCUT2D eigenvalue weighted by atomic mass is 15.2. The molecule has 8 aromatic carbocycles. The summed E-state index contributed by atoms with van der Waals surface area (Å²) in [4.78, 5) is 15.9. The second-order valence-electron chi connectivity index (χ2n) is 16.4. The maximum atomic E-state index is 5.38. The molecule has 2 aliphatic rings. The maximum absolute atomic E-state index is 5.38. The Hall–Kier alpha value is -8.21. The van der Waals surface area contributed by atoms with Crippen LogP contribution in [0.2, 0.25) is 0 Å². The monoisotopic (exact) mass is 804 g/mol. The second-order valence-corrected chi connectivity index (χ2v) is 16.4. The van der Waals surface area contributed by atoms with Crippen LogP contribution in [0.15, 0.2) is 231 Å². The Bertz CT molecular complexity index is 3380. The minimum absolute atomic E-state index is 0.567. The Morgan fingerprint density at radius 1 is 0.444 bits per heavy atom. The van der Waals surface area contributed by atoms with Crippen LogP contribution in [0.4, 0.5) is 0 Å². The van der Waals surface area contributed by atoms with Gasteiger partial charge in [-0.25, -0.2) is 4.98 Å². The quantitative estimate of drug-likeness (QED) is 0.174. The minimum atomic E-state index is -0.646. The lowest BCUT2D eigenvalue weighted by molar-refractivity contribution is 0.761. The van der Waals surface area contributed by atoms with Crippen molar-refractivity contribution in [3.63, 3.8) is 0 Å². The van der Waals surface area contributed by atoms with E-state index >= 15 is 0 Å². The Labute approximate surface area is 366 Å². The Kier molecular flexibility index (Phi) is 8.58. The van der Waals surface area contributed by atoms with E-state index in [1.165, 1.54) is 44.5 Å². The molecule has 10 aromatic rings. The number of aromatic nitrogens is 4. The van der Waals surface area contributed by atoms with Crippen molar-refractivity contribution in [2.75, 3.05) is 0 Å². The summed E-state index contributed by atoms with van der Waals surface area (Å²) in [5, 5.41) is 2.26. The summed E-state index contributed by atoms with van der Waals surface area (Å²) < 4.78 is 2.30. The van der Waals surface area contributed by atoms with E-state index in [-0.39, 0.29) is 0 Å². The van der Waals surface area contributed by atoms with Crippen LogP contribution >= 0.6 is 0 Å². The fourth-order valence-corrected chi connectivity index (χ4v) is 10.1. The summed E-state index contributed by atoms with van der Waals surface area (Å²) in [6.45, 7) is 4.90. The summed E-state index contributed by atoms with van der Waals surface area (Å²) in [7, 11) is 0. The number of allylic oxidation sites excluding steroid dienone is 5. The number of rotatable bonds is 5. The van der Waals surface area contributed by atoms with Crippen molar-refractivity contribution in [1.82, 2.24) is 19.5 Å². The van der Waals surface area contributed by atoms with Crippen molar-refractivity contribution in [1.29, 1.82) is 0 Å². The molecule has 63 heavy (non-hydrogen) atoms. The first-order valence-corrected chi connectivity index (χ1v) is 21.5. The standard InChI is InChI=1S/C59H40N4/c1-39-19-6-2-13-30-49-53(59(39)51-31-16-14-28-46(51)47-29-15-17-32-52(47)59)35-34-48-50-38-45(44-27-18-26-43(37-44)40-20-7-3-8-21-40)33-36-54(50)63(55(48)49)58-61-56(41-22-9-4-10-23-41)60-57(62-58)42-24-11-5-12-25-42/h2-29,31-38H,1,30H2/b13-2-,19-6-. The molecule has 2 heterocycles. The van der Waals surface area contributed by atoms with Gasteiger partial charge in [-0.1, -0.05) is 207 Å². The van der Waals surface area contributed by atoms with E-state index in [4.69, 9.17) is 21.5 Å². The molecule has 0 saturated heterocycles. The van der Waals surface area contributed by atoms with Gasteiger partial charge in [-0.05, 0) is 85.8 Å². The first kappa shape index (κ1) is 36.6. The van der Waals surface area contributed by atoms with Crippen LogP contribution in [0, 0.1) is 0 Å². The van der Waals surface area contributed by atoms with E-state index < -0.39 is 5.41 Å². The molecule has 2 aromatic heterocycles. The van der Waals surface area contributed by atoms with Gasteiger partial charge in [0.05, 0.1) is 16.4 Å². The van der Waals surface area contributed by atoms with Crippen molar-refractivity contribution < 1.29 is 0 Å². The van der Waals surface area contributed by atoms with Gasteiger partial charge in [-0.3, -0.25) is 4.57 Å². The second kappa shape index (κ2) is 14.8. The van der Waals surface area contributed by atoms with Crippen LogP contribution in [0.5, 0.6) is 0 Å². The molecule has 0 unspecified atom stereocenters. The van der Waals surface area contributed by atoms with Gasteiger partial charge in [0.15, 0.2) is 11.6 Å². The average Bonchev–Trinajstić information content (AvgIpc) is 3.87. The number of hydrogen-bond donors (Lipinski definition) is 0. The highest BCUT2D eigenvalue weighted by Crippen LogP contribution is 2.58. The van der Waals surface area contributed by atoms with Crippen LogP contribution in [0.1, 0.15) is 22.3 Å². The lowest BCUT2D eigenvalue weighted by Crippen LogP contribution is -2.30. The van der Waals surface area contributed by atoms with Crippen LogP contribution < -0.4 is 0 Å². The van der Waals surface area contributed by atoms with Gasteiger partial charge in [-0.2, -0.15) is 9.97 Å². The summed E-state index contributed by atoms with van der Waals surface area (Å²) in [5.74, 6) is 1.80. The topological polar surface area (TPSA) is 43.6 Å². The molecule has 12 rings (SSSR count). The van der Waals surface area contributed by atoms with E-state index in [0.717, 1.165) is 49.6 Å². The maximum Gasteiger partial charge on any atom is 0.238 e. The van der Waals surface area contributed by atoms with Crippen molar-refractivity contribution in [2.45, 2.75) is 11.8 Å². The van der Waals surface area contributed by atoms with Crippen LogP contribution in [0.25, 0.3) is 83.9 Å². The molecule has 0 aliphatic heterocycles. The molecule has 4 heteroatoms. The zero-order valence-electron chi connectivity index (χ0n) is 34.5. The molecule has 0 saturated carbocycles. The fraction of sp³-hybridized carbons (Fsp3) is 0.0339. The molecule has 1 spiro atoms. The molecule has 4 nitrogen and oxygen atoms in total. The molecule has 0 bridgehead atoms. The number of nitrogens with zero attached hydrogens (tertiary/aromatic N) is 4. The molecular formula is C59H40N4. The average molecular weight is 805 g/mol. The Morgan fingerprint density at radius 2 is 1.00 bits per heavy atom. The van der Waals surface area contributed by atoms with Gasteiger partial charge in [0.2, 0.25) is 5.95 Å². The third-order valence-corrected chi connectivity index (χ3v) is 12.9. The summed E-state index contributed by atoms with van der Waals surface area (Å²) in [6, 6.07) is 69.2. The SMILES string of the molecule is C=C1/C=C\C=C/Cc2c(ccc3c4cc(-c5cccc(-c6ccccc6)c5)ccc4n(-c4nc(-c5ccccc5)nc(-c5ccccc5)n4)c23)C12c1ccccc1-c1ccccc12. The highest BCUT2D eigenvalue weighted by Gasteiger charge is 2.47. The van der Waals surface area contributed by atoms with Crippen LogP contribution in [-0.4, -0.2) is 19.5 Å². The molecule has 2 aliphatic carbocycles. The van der Waals surface area contributed by atoms with Crippen molar-refractivity contribution in [3.8, 4) is 62.1 Å². The highest BCUT2D eigenvalue weighted by molar-refractivity contribution is 6.12. The normalized spacial score (nSPS) is 14.7.